The molecular formula is C67H114O6. The van der Waals surface area contributed by atoms with Crippen LogP contribution in [0.3, 0.4) is 0 Å². The van der Waals surface area contributed by atoms with Crippen LogP contribution in [-0.4, -0.2) is 37.2 Å². The van der Waals surface area contributed by atoms with Crippen LogP contribution in [-0.2, 0) is 28.6 Å². The zero-order valence-electron chi connectivity index (χ0n) is 47.9. The fourth-order valence-electron chi connectivity index (χ4n) is 8.52. The van der Waals surface area contributed by atoms with Gasteiger partial charge in [0.25, 0.3) is 0 Å². The molecule has 0 radical (unpaired) electrons. The van der Waals surface area contributed by atoms with E-state index in [2.05, 4.69) is 106 Å². The van der Waals surface area contributed by atoms with Gasteiger partial charge in [-0.3, -0.25) is 14.4 Å². The van der Waals surface area contributed by atoms with Crippen LogP contribution in [0.15, 0.2) is 97.2 Å². The average molecular weight is 1020 g/mol. The van der Waals surface area contributed by atoms with Crippen LogP contribution < -0.4 is 0 Å². The molecule has 0 saturated heterocycles. The predicted molar refractivity (Wildman–Crippen MR) is 316 cm³/mol. The number of hydrogen-bond donors (Lipinski definition) is 0. The van der Waals surface area contributed by atoms with Crippen LogP contribution in [0.4, 0.5) is 0 Å². The van der Waals surface area contributed by atoms with Crippen molar-refractivity contribution in [3.8, 4) is 0 Å². The Morgan fingerprint density at radius 1 is 0.301 bits per heavy atom. The highest BCUT2D eigenvalue weighted by Gasteiger charge is 2.19. The predicted octanol–water partition coefficient (Wildman–Crippen LogP) is 20.9. The van der Waals surface area contributed by atoms with Crippen molar-refractivity contribution in [2.75, 3.05) is 13.2 Å². The van der Waals surface area contributed by atoms with Crippen molar-refractivity contribution in [2.24, 2.45) is 0 Å². The molecule has 0 aromatic carbocycles. The molecule has 0 aliphatic carbocycles. The molecule has 0 aromatic rings. The standard InChI is InChI=1S/C67H114O6/c1-4-7-10-13-16-19-22-25-28-30-31-32-33-34-35-37-39-42-45-48-51-54-57-60-66(69)72-63-64(62-71-65(68)59-56-53-50-47-44-41-38-27-24-21-18-15-12-9-6-3)73-67(70)61-58-55-52-49-46-43-40-36-29-26-23-20-17-14-11-8-5-2/h9,12,18,21-22,25,27,30-31,33-34,38,44,47,53,56,64H,4-8,10-11,13-17,19-20,23-24,26,28-29,32,35-37,39-43,45-46,48-52,54-55,57-63H2,1-3H3/b12-9-,21-18-,25-22-,31-30-,34-33-,38-27-,47-44-,56-53-. The molecule has 0 spiro atoms. The summed E-state index contributed by atoms with van der Waals surface area (Å²) in [4.78, 5) is 38.2. The molecule has 6 nitrogen and oxygen atoms in total. The Labute approximate surface area is 451 Å². The fourth-order valence-corrected chi connectivity index (χ4v) is 8.52. The second kappa shape index (κ2) is 60.9. The number of carbonyl (C=O) groups excluding carboxylic acids is 3. The van der Waals surface area contributed by atoms with Gasteiger partial charge in [-0.05, 0) is 83.5 Å². The van der Waals surface area contributed by atoms with E-state index in [9.17, 15) is 14.4 Å². The molecule has 0 rings (SSSR count). The van der Waals surface area contributed by atoms with Crippen molar-refractivity contribution in [1.29, 1.82) is 0 Å². The van der Waals surface area contributed by atoms with Crippen LogP contribution in [0.1, 0.15) is 290 Å². The van der Waals surface area contributed by atoms with Crippen molar-refractivity contribution in [3.05, 3.63) is 97.2 Å². The van der Waals surface area contributed by atoms with Crippen molar-refractivity contribution in [2.45, 2.75) is 297 Å². The quantitative estimate of drug-likeness (QED) is 0.0261. The molecular weight excluding hydrogens is 901 g/mol. The molecule has 1 atom stereocenters. The minimum Gasteiger partial charge on any atom is -0.462 e. The van der Waals surface area contributed by atoms with Crippen LogP contribution in [0.2, 0.25) is 0 Å². The van der Waals surface area contributed by atoms with Gasteiger partial charge in [0, 0.05) is 12.8 Å². The lowest BCUT2D eigenvalue weighted by Gasteiger charge is -2.18. The van der Waals surface area contributed by atoms with Crippen molar-refractivity contribution < 1.29 is 28.6 Å². The topological polar surface area (TPSA) is 78.9 Å². The van der Waals surface area contributed by atoms with E-state index in [1.165, 1.54) is 161 Å². The van der Waals surface area contributed by atoms with Crippen molar-refractivity contribution in [1.82, 2.24) is 0 Å². The molecule has 0 heterocycles. The summed E-state index contributed by atoms with van der Waals surface area (Å²) >= 11 is 0. The van der Waals surface area contributed by atoms with Gasteiger partial charge in [-0.2, -0.15) is 0 Å². The zero-order chi connectivity index (χ0) is 52.9. The van der Waals surface area contributed by atoms with Gasteiger partial charge < -0.3 is 14.2 Å². The first-order chi connectivity index (χ1) is 36.0. The van der Waals surface area contributed by atoms with Crippen LogP contribution in [0, 0.1) is 0 Å². The summed E-state index contributed by atoms with van der Waals surface area (Å²) in [5, 5.41) is 0. The summed E-state index contributed by atoms with van der Waals surface area (Å²) in [6.45, 7) is 6.45. The SMILES string of the molecule is CC/C=C\C/C=C\C/C=C\C/C=C\C/C=C\CC(=O)OCC(COC(=O)CCCCCCCCCC/C=C\C/C=C\C/C=C\CCCCCCC)OC(=O)CCCCCCCCCCCCCCCCCCC. The van der Waals surface area contributed by atoms with Crippen LogP contribution in [0.25, 0.3) is 0 Å². The number of allylic oxidation sites excluding steroid dienone is 15. The first-order valence-electron chi connectivity index (χ1n) is 30.7. The molecule has 73 heavy (non-hydrogen) atoms. The molecule has 0 N–H and O–H groups in total. The number of carbonyl (C=O) groups is 3. The molecule has 0 amide bonds. The van der Waals surface area contributed by atoms with Gasteiger partial charge in [0.15, 0.2) is 6.10 Å². The lowest BCUT2D eigenvalue weighted by atomic mass is 10.0. The van der Waals surface area contributed by atoms with Gasteiger partial charge in [0.2, 0.25) is 0 Å². The second-order valence-electron chi connectivity index (χ2n) is 20.3. The third kappa shape index (κ3) is 59.1. The maximum absolute atomic E-state index is 12.9. The van der Waals surface area contributed by atoms with E-state index in [0.717, 1.165) is 89.9 Å². The van der Waals surface area contributed by atoms with Gasteiger partial charge in [-0.25, -0.2) is 0 Å². The Hall–Kier alpha value is -3.67. The molecule has 0 aliphatic heterocycles. The third-order valence-electron chi connectivity index (χ3n) is 13.1. The summed E-state index contributed by atoms with van der Waals surface area (Å²) in [5.41, 5.74) is 0. The Morgan fingerprint density at radius 3 is 0.959 bits per heavy atom. The fraction of sp³-hybridized carbons (Fsp3) is 0.716. The number of rotatable bonds is 55. The maximum Gasteiger partial charge on any atom is 0.309 e. The van der Waals surface area contributed by atoms with E-state index < -0.39 is 12.1 Å². The Morgan fingerprint density at radius 2 is 0.589 bits per heavy atom. The van der Waals surface area contributed by atoms with Gasteiger partial charge in [0.05, 0.1) is 6.42 Å². The number of ether oxygens (including phenoxy) is 3. The summed E-state index contributed by atoms with van der Waals surface area (Å²) in [6, 6.07) is 0. The molecule has 0 aliphatic rings. The maximum atomic E-state index is 12.9. The molecule has 1 unspecified atom stereocenters. The van der Waals surface area contributed by atoms with Gasteiger partial charge in [-0.15, -0.1) is 0 Å². The van der Waals surface area contributed by atoms with Crippen molar-refractivity contribution in [3.63, 3.8) is 0 Å². The number of hydrogen-bond acceptors (Lipinski definition) is 6. The minimum atomic E-state index is -0.820. The monoisotopic (exact) mass is 1010 g/mol. The van der Waals surface area contributed by atoms with Gasteiger partial charge in [0.1, 0.15) is 13.2 Å². The van der Waals surface area contributed by atoms with Gasteiger partial charge in [-0.1, -0.05) is 285 Å². The van der Waals surface area contributed by atoms with Crippen LogP contribution >= 0.6 is 0 Å². The molecule has 0 aromatic heterocycles. The summed E-state index contributed by atoms with van der Waals surface area (Å²) in [7, 11) is 0. The largest absolute Gasteiger partial charge is 0.462 e. The lowest BCUT2D eigenvalue weighted by molar-refractivity contribution is -0.166. The summed E-state index contributed by atoms with van der Waals surface area (Å²) in [5.74, 6) is -1.04. The van der Waals surface area contributed by atoms with E-state index in [4.69, 9.17) is 14.2 Å². The Bertz CT molecular complexity index is 1440. The van der Waals surface area contributed by atoms with E-state index in [1.54, 1.807) is 6.08 Å². The number of unbranched alkanes of at least 4 members (excludes halogenated alkanes) is 29. The average Bonchev–Trinajstić information content (AvgIpc) is 3.39. The van der Waals surface area contributed by atoms with E-state index >= 15 is 0 Å². The second-order valence-corrected chi connectivity index (χ2v) is 20.3. The summed E-state index contributed by atoms with van der Waals surface area (Å²) < 4.78 is 16.8. The Kier molecular flexibility index (Phi) is 57.8. The Balaban J connectivity index is 4.44. The van der Waals surface area contributed by atoms with Crippen LogP contribution in [0.5, 0.6) is 0 Å². The zero-order valence-corrected chi connectivity index (χ0v) is 47.9. The normalized spacial score (nSPS) is 12.8. The highest BCUT2D eigenvalue weighted by Crippen LogP contribution is 2.16. The highest BCUT2D eigenvalue weighted by atomic mass is 16.6. The molecule has 0 saturated carbocycles. The first-order valence-corrected chi connectivity index (χ1v) is 30.7. The molecule has 0 bridgehead atoms. The molecule has 418 valence electrons. The lowest BCUT2D eigenvalue weighted by Crippen LogP contribution is -2.30. The van der Waals surface area contributed by atoms with Crippen molar-refractivity contribution >= 4 is 17.9 Å². The minimum absolute atomic E-state index is 0.110. The van der Waals surface area contributed by atoms with E-state index in [1.807, 2.05) is 6.08 Å². The summed E-state index contributed by atoms with van der Waals surface area (Å²) in [6.07, 6.45) is 81.5. The van der Waals surface area contributed by atoms with Gasteiger partial charge >= 0.3 is 17.9 Å². The third-order valence-corrected chi connectivity index (χ3v) is 13.1. The van der Waals surface area contributed by atoms with E-state index in [0.29, 0.717) is 12.8 Å². The first kappa shape index (κ1) is 69.3. The van der Waals surface area contributed by atoms with E-state index in [-0.39, 0.29) is 31.6 Å². The highest BCUT2D eigenvalue weighted by molar-refractivity contribution is 5.72. The molecule has 6 heteroatoms. The molecule has 0 fully saturated rings. The smallest absolute Gasteiger partial charge is 0.309 e. The number of esters is 3.